The van der Waals surface area contributed by atoms with Crippen LogP contribution >= 0.6 is 11.6 Å². The van der Waals surface area contributed by atoms with Crippen molar-refractivity contribution in [2.24, 2.45) is 5.92 Å². The highest BCUT2D eigenvalue weighted by Crippen LogP contribution is 2.37. The Labute approximate surface area is 121 Å². The number of hydrogen-bond donors (Lipinski definition) is 1. The number of benzene rings is 1. The molecule has 0 heterocycles. The topological polar surface area (TPSA) is 30.5 Å². The normalized spacial score (nSPS) is 12.6. The summed E-state index contributed by atoms with van der Waals surface area (Å²) in [6.45, 7) is 7.36. The summed E-state index contributed by atoms with van der Waals surface area (Å²) in [5, 5.41) is 4.15. The number of methoxy groups -OCH3 is 2. The van der Waals surface area contributed by atoms with E-state index in [0.717, 1.165) is 18.5 Å². The molecule has 0 amide bonds. The van der Waals surface area contributed by atoms with Gasteiger partial charge in [0.15, 0.2) is 11.5 Å². The van der Waals surface area contributed by atoms with Crippen molar-refractivity contribution in [3.05, 3.63) is 22.7 Å². The number of rotatable bonds is 7. The van der Waals surface area contributed by atoms with Crippen LogP contribution in [0.2, 0.25) is 5.02 Å². The van der Waals surface area contributed by atoms with Crippen molar-refractivity contribution in [2.75, 3.05) is 14.2 Å². The first-order valence-electron chi connectivity index (χ1n) is 6.67. The molecule has 0 aliphatic rings. The Morgan fingerprint density at radius 2 is 1.89 bits per heavy atom. The molecule has 0 saturated carbocycles. The molecule has 0 aromatic heterocycles. The second-order valence-corrected chi connectivity index (χ2v) is 5.29. The standard InChI is InChI=1S/C15H24ClNO2/c1-6-12(10(2)3)17-9-11-7-8-13(18-4)15(19-5)14(11)16/h7-8,10,12,17H,6,9H2,1-5H3. The molecule has 19 heavy (non-hydrogen) atoms. The lowest BCUT2D eigenvalue weighted by Gasteiger charge is -2.21. The fraction of sp³-hybridized carbons (Fsp3) is 0.600. The summed E-state index contributed by atoms with van der Waals surface area (Å²) >= 11 is 6.35. The minimum absolute atomic E-state index is 0.490. The third kappa shape index (κ3) is 4.02. The van der Waals surface area contributed by atoms with Crippen LogP contribution in [0, 0.1) is 5.92 Å². The molecule has 1 aromatic carbocycles. The zero-order chi connectivity index (χ0) is 14.4. The van der Waals surface area contributed by atoms with E-state index in [-0.39, 0.29) is 0 Å². The van der Waals surface area contributed by atoms with Crippen molar-refractivity contribution < 1.29 is 9.47 Å². The molecule has 0 aliphatic carbocycles. The summed E-state index contributed by atoms with van der Waals surface area (Å²) in [5.41, 5.74) is 1.03. The van der Waals surface area contributed by atoms with Crippen LogP contribution in [0.5, 0.6) is 11.5 Å². The molecule has 4 heteroatoms. The quantitative estimate of drug-likeness (QED) is 0.825. The molecule has 0 radical (unpaired) electrons. The lowest BCUT2D eigenvalue weighted by Crippen LogP contribution is -2.32. The van der Waals surface area contributed by atoms with Crippen LogP contribution in [0.15, 0.2) is 12.1 Å². The van der Waals surface area contributed by atoms with Gasteiger partial charge in [0.05, 0.1) is 19.2 Å². The minimum Gasteiger partial charge on any atom is -0.493 e. The average Bonchev–Trinajstić information content (AvgIpc) is 2.40. The maximum absolute atomic E-state index is 6.35. The van der Waals surface area contributed by atoms with Crippen molar-refractivity contribution in [1.29, 1.82) is 0 Å². The van der Waals surface area contributed by atoms with E-state index in [0.29, 0.717) is 28.5 Å². The third-order valence-electron chi connectivity index (χ3n) is 3.36. The molecule has 1 atom stereocenters. The first kappa shape index (κ1) is 16.1. The number of halogens is 1. The van der Waals surface area contributed by atoms with Crippen LogP contribution in [0.3, 0.4) is 0 Å². The van der Waals surface area contributed by atoms with Gasteiger partial charge in [0.25, 0.3) is 0 Å². The zero-order valence-corrected chi connectivity index (χ0v) is 13.2. The van der Waals surface area contributed by atoms with Gasteiger partial charge in [-0.3, -0.25) is 0 Å². The highest BCUT2D eigenvalue weighted by molar-refractivity contribution is 6.33. The summed E-state index contributed by atoms with van der Waals surface area (Å²) in [6, 6.07) is 4.35. The van der Waals surface area contributed by atoms with Crippen LogP contribution in [-0.2, 0) is 6.54 Å². The zero-order valence-electron chi connectivity index (χ0n) is 12.4. The van der Waals surface area contributed by atoms with Crippen LogP contribution in [0.25, 0.3) is 0 Å². The first-order valence-corrected chi connectivity index (χ1v) is 7.05. The van der Waals surface area contributed by atoms with Gasteiger partial charge in [0, 0.05) is 12.6 Å². The molecule has 108 valence electrons. The van der Waals surface area contributed by atoms with Crippen LogP contribution in [0.1, 0.15) is 32.8 Å². The van der Waals surface area contributed by atoms with Gasteiger partial charge in [-0.2, -0.15) is 0 Å². The summed E-state index contributed by atoms with van der Waals surface area (Å²) in [4.78, 5) is 0. The van der Waals surface area contributed by atoms with Gasteiger partial charge in [-0.05, 0) is 24.0 Å². The Morgan fingerprint density at radius 3 is 2.37 bits per heavy atom. The van der Waals surface area contributed by atoms with Crippen molar-refractivity contribution in [3.63, 3.8) is 0 Å². The Kier molecular flexibility index (Phi) is 6.46. The maximum Gasteiger partial charge on any atom is 0.179 e. The maximum atomic E-state index is 6.35. The van der Waals surface area contributed by atoms with Crippen molar-refractivity contribution in [1.82, 2.24) is 5.32 Å². The van der Waals surface area contributed by atoms with Gasteiger partial charge in [-0.1, -0.05) is 38.4 Å². The van der Waals surface area contributed by atoms with E-state index in [9.17, 15) is 0 Å². The summed E-state index contributed by atoms with van der Waals surface area (Å²) in [7, 11) is 3.21. The smallest absolute Gasteiger partial charge is 0.179 e. The van der Waals surface area contributed by atoms with Crippen LogP contribution < -0.4 is 14.8 Å². The van der Waals surface area contributed by atoms with Crippen LogP contribution in [-0.4, -0.2) is 20.3 Å². The van der Waals surface area contributed by atoms with Crippen molar-refractivity contribution >= 4 is 11.6 Å². The summed E-state index contributed by atoms with van der Waals surface area (Å²) in [5.74, 6) is 1.86. The molecule has 3 nitrogen and oxygen atoms in total. The molecule has 1 unspecified atom stereocenters. The number of nitrogens with one attached hydrogen (secondary N) is 1. The van der Waals surface area contributed by atoms with E-state index in [2.05, 4.69) is 26.1 Å². The largest absolute Gasteiger partial charge is 0.493 e. The second kappa shape index (κ2) is 7.61. The highest BCUT2D eigenvalue weighted by atomic mass is 35.5. The van der Waals surface area contributed by atoms with Crippen molar-refractivity contribution in [3.8, 4) is 11.5 Å². The van der Waals surface area contributed by atoms with Crippen molar-refractivity contribution in [2.45, 2.75) is 39.8 Å². The molecule has 1 rings (SSSR count). The molecular formula is C15H24ClNO2. The number of ether oxygens (including phenoxy) is 2. The Hall–Kier alpha value is -0.930. The van der Waals surface area contributed by atoms with Gasteiger partial charge >= 0.3 is 0 Å². The summed E-state index contributed by atoms with van der Waals surface area (Å²) in [6.07, 6.45) is 1.10. The van der Waals surface area contributed by atoms with E-state index in [1.54, 1.807) is 14.2 Å². The monoisotopic (exact) mass is 285 g/mol. The van der Waals surface area contributed by atoms with Gasteiger partial charge in [0.2, 0.25) is 0 Å². The highest BCUT2D eigenvalue weighted by Gasteiger charge is 2.15. The SMILES string of the molecule is CCC(NCc1ccc(OC)c(OC)c1Cl)C(C)C. The van der Waals surface area contributed by atoms with Gasteiger partial charge in [-0.25, -0.2) is 0 Å². The van der Waals surface area contributed by atoms with Crippen LogP contribution in [0.4, 0.5) is 0 Å². The average molecular weight is 286 g/mol. The second-order valence-electron chi connectivity index (χ2n) is 4.91. The fourth-order valence-electron chi connectivity index (χ4n) is 2.16. The molecule has 0 fully saturated rings. The summed E-state index contributed by atoms with van der Waals surface area (Å²) < 4.78 is 10.5. The molecular weight excluding hydrogens is 262 g/mol. The molecule has 0 saturated heterocycles. The molecule has 0 spiro atoms. The minimum atomic E-state index is 0.490. The molecule has 0 bridgehead atoms. The van der Waals surface area contributed by atoms with E-state index in [1.165, 1.54) is 0 Å². The Morgan fingerprint density at radius 1 is 1.21 bits per heavy atom. The predicted octanol–water partition coefficient (Wildman–Crippen LogP) is 3.88. The predicted molar refractivity (Wildman–Crippen MR) is 80.3 cm³/mol. The Balaban J connectivity index is 2.85. The van der Waals surface area contributed by atoms with E-state index < -0.39 is 0 Å². The third-order valence-corrected chi connectivity index (χ3v) is 3.78. The van der Waals surface area contributed by atoms with E-state index in [1.807, 2.05) is 12.1 Å². The number of hydrogen-bond acceptors (Lipinski definition) is 3. The Bertz CT molecular complexity index is 407. The van der Waals surface area contributed by atoms with Gasteiger partial charge < -0.3 is 14.8 Å². The fourth-order valence-corrected chi connectivity index (χ4v) is 2.46. The van der Waals surface area contributed by atoms with E-state index >= 15 is 0 Å². The molecule has 0 aliphatic heterocycles. The lowest BCUT2D eigenvalue weighted by molar-refractivity contribution is 0.353. The first-order chi connectivity index (χ1) is 9.04. The van der Waals surface area contributed by atoms with Gasteiger partial charge in [-0.15, -0.1) is 0 Å². The van der Waals surface area contributed by atoms with E-state index in [4.69, 9.17) is 21.1 Å². The van der Waals surface area contributed by atoms with Gasteiger partial charge in [0.1, 0.15) is 0 Å². The lowest BCUT2D eigenvalue weighted by atomic mass is 10.0. The molecule has 1 aromatic rings. The molecule has 1 N–H and O–H groups in total.